The normalized spacial score (nSPS) is 21.0. The van der Waals surface area contributed by atoms with Crippen LogP contribution in [0.15, 0.2) is 121 Å². The molecular formula is C47H58KN. The number of allylic oxidation sites excluding steroid dienone is 10. The van der Waals surface area contributed by atoms with Crippen LogP contribution in [0.5, 0.6) is 0 Å². The average molecular weight is 676 g/mol. The summed E-state index contributed by atoms with van der Waals surface area (Å²) < 4.78 is 0. The fraction of sp³-hybridized carbons (Fsp3) is 0.340. The van der Waals surface area contributed by atoms with Crippen LogP contribution >= 0.6 is 0 Å². The van der Waals surface area contributed by atoms with Crippen LogP contribution in [0.3, 0.4) is 0 Å². The Bertz CT molecular complexity index is 1710. The monoisotopic (exact) mass is 675 g/mol. The Labute approximate surface area is 341 Å². The van der Waals surface area contributed by atoms with Gasteiger partial charge in [0.05, 0.1) is 0 Å². The maximum atomic E-state index is 4.69. The fourth-order valence-corrected chi connectivity index (χ4v) is 7.46. The quantitative estimate of drug-likeness (QED) is 0.0872. The molecule has 2 atom stereocenters. The van der Waals surface area contributed by atoms with Gasteiger partial charge in [0.15, 0.2) is 0 Å². The SMILES string of the molecule is C=C/C=C(\C=C/C)C1(c2ccc(NCC[CH2-])cc2)C=Cc2c3c(c4ccccc4c2C1)/C=C\C=C/C(=C)C3(C)CCCCCC.CCC.[K+]. The van der Waals surface area contributed by atoms with E-state index in [1.165, 1.54) is 81.8 Å². The second-order valence-corrected chi connectivity index (χ2v) is 13.5. The van der Waals surface area contributed by atoms with E-state index >= 15 is 0 Å². The Balaban J connectivity index is 0.00000157. The molecule has 0 aromatic heterocycles. The molecule has 2 heteroatoms. The van der Waals surface area contributed by atoms with Crippen LogP contribution in [0.2, 0.25) is 0 Å². The zero-order valence-electron chi connectivity index (χ0n) is 31.4. The van der Waals surface area contributed by atoms with E-state index in [0.29, 0.717) is 0 Å². The van der Waals surface area contributed by atoms with Gasteiger partial charge < -0.3 is 12.2 Å². The van der Waals surface area contributed by atoms with E-state index in [4.69, 9.17) is 6.58 Å². The van der Waals surface area contributed by atoms with E-state index in [0.717, 1.165) is 31.5 Å². The Morgan fingerprint density at radius 1 is 0.918 bits per heavy atom. The molecule has 0 saturated heterocycles. The van der Waals surface area contributed by atoms with E-state index < -0.39 is 0 Å². The number of hydrogen-bond acceptors (Lipinski definition) is 1. The summed E-state index contributed by atoms with van der Waals surface area (Å²) in [5, 5.41) is 6.15. The van der Waals surface area contributed by atoms with Crippen LogP contribution in [0.25, 0.3) is 22.9 Å². The average Bonchev–Trinajstić information content (AvgIpc) is 3.10. The molecule has 49 heavy (non-hydrogen) atoms. The van der Waals surface area contributed by atoms with Crippen LogP contribution in [-0.4, -0.2) is 6.54 Å². The fourth-order valence-electron chi connectivity index (χ4n) is 7.46. The third kappa shape index (κ3) is 9.07. The van der Waals surface area contributed by atoms with Gasteiger partial charge in [-0.2, -0.15) is 6.42 Å². The molecule has 2 aliphatic rings. The standard InChI is InChI=1S/C44H50N.C3H8.K/c1-7-11-12-17-29-43(6)33(5)20-13-14-23-39-37-21-15-16-22-38(37)41-32-44(30-28-40(41)42(39)43,34(18-8-2)19-9-3)35-24-26-36(27-25-35)45-31-10-4;1-3-2;/h8-9,13-16,18-28,30,45H,2,4-5,7,10-12,17,29,31-32H2,1,3,6H3;3H2,1-2H3;/q-1;;+1/b19-9-,20-13-,23-14-,34-18+;;. The van der Waals surface area contributed by atoms with Crippen molar-refractivity contribution in [3.05, 3.63) is 156 Å². The predicted molar refractivity (Wildman–Crippen MR) is 216 cm³/mol. The largest absolute Gasteiger partial charge is 1.00 e. The molecule has 2 aliphatic carbocycles. The van der Waals surface area contributed by atoms with Gasteiger partial charge in [-0.15, -0.1) is 0 Å². The van der Waals surface area contributed by atoms with Crippen LogP contribution in [0.4, 0.5) is 5.69 Å². The molecule has 3 aromatic carbocycles. The molecule has 0 fully saturated rings. The maximum Gasteiger partial charge on any atom is 1.00 e. The van der Waals surface area contributed by atoms with E-state index in [1.54, 1.807) is 0 Å². The first-order valence-corrected chi connectivity index (χ1v) is 18.3. The smallest absolute Gasteiger partial charge is 0.388 e. The molecule has 3 aromatic rings. The van der Waals surface area contributed by atoms with Crippen molar-refractivity contribution < 1.29 is 51.4 Å². The summed E-state index contributed by atoms with van der Waals surface area (Å²) in [6, 6.07) is 18.0. The van der Waals surface area contributed by atoms with E-state index in [2.05, 4.69) is 157 Å². The van der Waals surface area contributed by atoms with Gasteiger partial charge in [-0.1, -0.05) is 170 Å². The van der Waals surface area contributed by atoms with Crippen LogP contribution in [0, 0.1) is 6.92 Å². The third-order valence-corrected chi connectivity index (χ3v) is 9.92. The van der Waals surface area contributed by atoms with Crippen molar-refractivity contribution in [3.63, 3.8) is 0 Å². The summed E-state index contributed by atoms with van der Waals surface area (Å²) in [5.74, 6) is 0. The van der Waals surface area contributed by atoms with Crippen LogP contribution in [0.1, 0.15) is 107 Å². The van der Waals surface area contributed by atoms with Gasteiger partial charge in [0.1, 0.15) is 0 Å². The van der Waals surface area contributed by atoms with Gasteiger partial charge in [-0.25, -0.2) is 0 Å². The van der Waals surface area contributed by atoms with Crippen LogP contribution in [-0.2, 0) is 17.3 Å². The number of unbranched alkanes of at least 4 members (excludes halogenated alkanes) is 3. The Hall–Kier alpha value is -2.46. The van der Waals surface area contributed by atoms with Crippen molar-refractivity contribution >= 4 is 28.6 Å². The Morgan fingerprint density at radius 2 is 1.61 bits per heavy atom. The summed E-state index contributed by atoms with van der Waals surface area (Å²) in [6.45, 7) is 24.7. The van der Waals surface area contributed by atoms with Gasteiger partial charge in [0.2, 0.25) is 0 Å². The topological polar surface area (TPSA) is 12.0 Å². The summed E-state index contributed by atoms with van der Waals surface area (Å²) >= 11 is 0. The predicted octanol–water partition coefficient (Wildman–Crippen LogP) is 10.5. The van der Waals surface area contributed by atoms with Crippen molar-refractivity contribution in [2.24, 2.45) is 0 Å². The van der Waals surface area contributed by atoms with Crippen LogP contribution < -0.4 is 56.7 Å². The molecule has 0 radical (unpaired) electrons. The summed E-state index contributed by atoms with van der Waals surface area (Å²) in [5.41, 5.74) is 9.86. The van der Waals surface area contributed by atoms with Gasteiger partial charge in [-0.3, -0.25) is 0 Å². The third-order valence-electron chi connectivity index (χ3n) is 9.92. The maximum absolute atomic E-state index is 4.69. The molecular weight excluding hydrogens is 618 g/mol. The number of rotatable bonds is 12. The molecule has 2 unspecified atom stereocenters. The minimum absolute atomic E-state index is 0. The second kappa shape index (κ2) is 19.8. The number of nitrogens with one attached hydrogen (secondary N) is 1. The summed E-state index contributed by atoms with van der Waals surface area (Å²) in [7, 11) is 0. The Kier molecular flexibility index (Phi) is 16.6. The van der Waals surface area contributed by atoms with E-state index in [-0.39, 0.29) is 62.2 Å². The van der Waals surface area contributed by atoms with Gasteiger partial charge >= 0.3 is 51.4 Å². The molecule has 252 valence electrons. The zero-order valence-corrected chi connectivity index (χ0v) is 34.5. The number of benzene rings is 3. The molecule has 0 aliphatic heterocycles. The second-order valence-electron chi connectivity index (χ2n) is 13.5. The van der Waals surface area contributed by atoms with Gasteiger partial charge in [-0.05, 0) is 88.2 Å². The molecule has 1 N–H and O–H groups in total. The number of fused-ring (bicyclic) bond motifs is 6. The minimum Gasteiger partial charge on any atom is -0.388 e. The molecule has 1 nitrogen and oxygen atoms in total. The van der Waals surface area contributed by atoms with Crippen molar-refractivity contribution in [1.82, 2.24) is 0 Å². The summed E-state index contributed by atoms with van der Waals surface area (Å²) in [4.78, 5) is 0. The number of hydrogen-bond donors (Lipinski definition) is 1. The van der Waals surface area contributed by atoms with Gasteiger partial charge in [0.25, 0.3) is 0 Å². The molecule has 0 heterocycles. The summed E-state index contributed by atoms with van der Waals surface area (Å²) in [6.07, 6.45) is 31.4. The van der Waals surface area contributed by atoms with Crippen molar-refractivity contribution in [3.8, 4) is 0 Å². The first kappa shape index (κ1) is 41.0. The van der Waals surface area contributed by atoms with E-state index in [1.807, 2.05) is 6.08 Å². The van der Waals surface area contributed by atoms with Gasteiger partial charge in [0, 0.05) is 16.5 Å². The Morgan fingerprint density at radius 3 is 2.27 bits per heavy atom. The first-order chi connectivity index (χ1) is 23.3. The van der Waals surface area contributed by atoms with E-state index in [9.17, 15) is 0 Å². The molecule has 0 spiro atoms. The molecule has 0 bridgehead atoms. The first-order valence-electron chi connectivity index (χ1n) is 18.3. The van der Waals surface area contributed by atoms with Crippen molar-refractivity contribution in [1.29, 1.82) is 0 Å². The zero-order chi connectivity index (χ0) is 34.6. The minimum atomic E-state index is -0.346. The van der Waals surface area contributed by atoms with Crippen molar-refractivity contribution in [2.45, 2.75) is 96.8 Å². The van der Waals surface area contributed by atoms with Crippen molar-refractivity contribution in [2.75, 3.05) is 11.9 Å². The molecule has 0 saturated carbocycles. The molecule has 5 rings (SSSR count). The number of anilines is 1. The molecule has 0 amide bonds.